The summed E-state index contributed by atoms with van der Waals surface area (Å²) in [6.45, 7) is 8.84. The highest BCUT2D eigenvalue weighted by Gasteiger charge is 2.32. The van der Waals surface area contributed by atoms with Crippen LogP contribution in [0.1, 0.15) is 39.3 Å². The van der Waals surface area contributed by atoms with E-state index in [1.54, 1.807) is 4.90 Å². The van der Waals surface area contributed by atoms with Gasteiger partial charge < -0.3 is 15.0 Å². The molecule has 0 aliphatic carbocycles. The highest BCUT2D eigenvalue weighted by Crippen LogP contribution is 2.25. The van der Waals surface area contributed by atoms with E-state index in [-0.39, 0.29) is 18.2 Å². The molecule has 0 unspecified atom stereocenters. The Bertz CT molecular complexity index is 542. The van der Waals surface area contributed by atoms with Crippen molar-refractivity contribution in [3.8, 4) is 0 Å². The largest absolute Gasteiger partial charge is 0.444 e. The average Bonchev–Trinajstić information content (AvgIpc) is 2.35. The summed E-state index contributed by atoms with van der Waals surface area (Å²) < 4.78 is 6.17. The van der Waals surface area contributed by atoms with Crippen LogP contribution in [-0.2, 0) is 4.74 Å². The van der Waals surface area contributed by atoms with Crippen molar-refractivity contribution >= 4 is 33.6 Å². The Labute approximate surface area is 144 Å². The van der Waals surface area contributed by atoms with Crippen LogP contribution in [0, 0.1) is 0 Å². The Hall–Kier alpha value is -0.850. The van der Waals surface area contributed by atoms with E-state index in [1.807, 2.05) is 39.8 Å². The third-order valence-corrected chi connectivity index (χ3v) is 3.99. The van der Waals surface area contributed by atoms with Crippen molar-refractivity contribution in [2.24, 2.45) is 0 Å². The van der Waals surface area contributed by atoms with Gasteiger partial charge in [-0.3, -0.25) is 0 Å². The summed E-state index contributed by atoms with van der Waals surface area (Å²) in [5.74, 6) is 0. The van der Waals surface area contributed by atoms with Crippen molar-refractivity contribution in [3.63, 3.8) is 0 Å². The molecule has 7 heteroatoms. The topological polar surface area (TPSA) is 54.5 Å². The number of hydrogen-bond donors (Lipinski definition) is 1. The second-order valence-corrected chi connectivity index (χ2v) is 7.69. The van der Waals surface area contributed by atoms with Crippen LogP contribution in [0.4, 0.5) is 4.79 Å². The Balaban J connectivity index is 2.15. The van der Waals surface area contributed by atoms with Crippen LogP contribution in [0.5, 0.6) is 0 Å². The molecule has 0 bridgehead atoms. The number of carbonyl (C=O) groups excluding carboxylic acids is 1. The molecule has 1 aromatic rings. The lowest BCUT2D eigenvalue weighted by atomic mass is 10.0. The summed E-state index contributed by atoms with van der Waals surface area (Å²) >= 11 is 9.36. The molecule has 122 valence electrons. The second kappa shape index (κ2) is 6.72. The van der Waals surface area contributed by atoms with Crippen molar-refractivity contribution in [2.75, 3.05) is 13.1 Å². The van der Waals surface area contributed by atoms with Gasteiger partial charge in [-0.2, -0.15) is 0 Å². The molecule has 1 aliphatic heterocycles. The lowest BCUT2D eigenvalue weighted by Crippen LogP contribution is -2.54. The monoisotopic (exact) mass is 389 g/mol. The van der Waals surface area contributed by atoms with E-state index in [2.05, 4.69) is 26.2 Å². The summed E-state index contributed by atoms with van der Waals surface area (Å²) in [6, 6.07) is 3.80. The fraction of sp³-hybridized carbons (Fsp3) is 0.600. The van der Waals surface area contributed by atoms with Gasteiger partial charge >= 0.3 is 6.09 Å². The molecule has 1 saturated heterocycles. The molecule has 0 radical (unpaired) electrons. The maximum atomic E-state index is 12.4. The Morgan fingerprint density at radius 1 is 1.50 bits per heavy atom. The van der Waals surface area contributed by atoms with Crippen LogP contribution < -0.4 is 5.32 Å². The average molecular weight is 391 g/mol. The Morgan fingerprint density at radius 2 is 2.18 bits per heavy atom. The molecule has 0 aromatic carbocycles. The smallest absolute Gasteiger partial charge is 0.410 e. The van der Waals surface area contributed by atoms with Crippen LogP contribution in [0.15, 0.2) is 16.7 Å². The fourth-order valence-corrected chi connectivity index (χ4v) is 3.12. The quantitative estimate of drug-likeness (QED) is 0.742. The molecule has 1 amide bonds. The standard InChI is InChI=1S/C15H21BrClN3O2/c1-9-7-18-11(10-5-12(16)19-13(17)6-10)8-20(9)14(21)22-15(2,3)4/h5-6,9,11,18H,7-8H2,1-4H3/t9-,11+/m0/s1. The summed E-state index contributed by atoms with van der Waals surface area (Å²) in [6.07, 6.45) is -0.286. The molecule has 0 saturated carbocycles. The van der Waals surface area contributed by atoms with Gasteiger partial charge in [0.05, 0.1) is 6.04 Å². The zero-order chi connectivity index (χ0) is 16.5. The molecule has 1 aromatic heterocycles. The van der Waals surface area contributed by atoms with E-state index in [0.29, 0.717) is 22.8 Å². The zero-order valence-corrected chi connectivity index (χ0v) is 15.5. The number of ether oxygens (including phenoxy) is 1. The van der Waals surface area contributed by atoms with E-state index in [4.69, 9.17) is 16.3 Å². The van der Waals surface area contributed by atoms with Crippen molar-refractivity contribution < 1.29 is 9.53 Å². The molecule has 0 spiro atoms. The second-order valence-electron chi connectivity index (χ2n) is 6.49. The van der Waals surface area contributed by atoms with Crippen molar-refractivity contribution in [1.82, 2.24) is 15.2 Å². The minimum Gasteiger partial charge on any atom is -0.444 e. The normalized spacial score (nSPS) is 22.5. The molecule has 1 N–H and O–H groups in total. The SMILES string of the molecule is C[C@H]1CN[C@@H](c2cc(Cl)nc(Br)c2)CN1C(=O)OC(C)(C)C. The van der Waals surface area contributed by atoms with Gasteiger partial charge in [0.2, 0.25) is 0 Å². The van der Waals surface area contributed by atoms with Crippen LogP contribution in [0.3, 0.4) is 0 Å². The van der Waals surface area contributed by atoms with Gasteiger partial charge in [0, 0.05) is 19.1 Å². The van der Waals surface area contributed by atoms with Gasteiger partial charge in [-0.1, -0.05) is 11.6 Å². The zero-order valence-electron chi connectivity index (χ0n) is 13.2. The molecule has 1 fully saturated rings. The first-order valence-electron chi connectivity index (χ1n) is 7.22. The maximum Gasteiger partial charge on any atom is 0.410 e. The minimum atomic E-state index is -0.500. The van der Waals surface area contributed by atoms with Crippen LogP contribution in [0.25, 0.3) is 0 Å². The molecular formula is C15H21BrClN3O2. The number of nitrogens with zero attached hydrogens (tertiary/aromatic N) is 2. The summed E-state index contributed by atoms with van der Waals surface area (Å²) in [7, 11) is 0. The van der Waals surface area contributed by atoms with Crippen molar-refractivity contribution in [2.45, 2.75) is 45.4 Å². The third kappa shape index (κ3) is 4.57. The first-order chi connectivity index (χ1) is 10.2. The van der Waals surface area contributed by atoms with Gasteiger partial charge in [0.25, 0.3) is 0 Å². The highest BCUT2D eigenvalue weighted by molar-refractivity contribution is 9.10. The molecule has 5 nitrogen and oxygen atoms in total. The molecule has 2 rings (SSSR count). The van der Waals surface area contributed by atoms with Crippen LogP contribution in [-0.4, -0.2) is 40.7 Å². The lowest BCUT2D eigenvalue weighted by Gasteiger charge is -2.39. The van der Waals surface area contributed by atoms with Crippen molar-refractivity contribution in [1.29, 1.82) is 0 Å². The minimum absolute atomic E-state index is 0.000480. The van der Waals surface area contributed by atoms with Gasteiger partial charge in [0.1, 0.15) is 15.4 Å². The number of carbonyl (C=O) groups is 1. The number of piperazine rings is 1. The van der Waals surface area contributed by atoms with Crippen LogP contribution >= 0.6 is 27.5 Å². The number of aromatic nitrogens is 1. The number of pyridine rings is 1. The number of nitrogens with one attached hydrogen (secondary N) is 1. The number of rotatable bonds is 1. The number of amides is 1. The van der Waals surface area contributed by atoms with Gasteiger partial charge in [-0.25, -0.2) is 9.78 Å². The molecule has 22 heavy (non-hydrogen) atoms. The fourth-order valence-electron chi connectivity index (χ4n) is 2.35. The summed E-state index contributed by atoms with van der Waals surface area (Å²) in [5, 5.41) is 3.86. The highest BCUT2D eigenvalue weighted by atomic mass is 79.9. The molecule has 2 atom stereocenters. The maximum absolute atomic E-state index is 12.4. The van der Waals surface area contributed by atoms with Gasteiger partial charge in [-0.15, -0.1) is 0 Å². The lowest BCUT2D eigenvalue weighted by molar-refractivity contribution is 0.00958. The van der Waals surface area contributed by atoms with E-state index in [1.165, 1.54) is 0 Å². The van der Waals surface area contributed by atoms with E-state index in [9.17, 15) is 4.79 Å². The third-order valence-electron chi connectivity index (χ3n) is 3.39. The predicted octanol–water partition coefficient (Wildman–Crippen LogP) is 3.77. The van der Waals surface area contributed by atoms with E-state index < -0.39 is 5.60 Å². The Kier molecular flexibility index (Phi) is 5.35. The predicted molar refractivity (Wildman–Crippen MR) is 90.1 cm³/mol. The number of halogens is 2. The number of hydrogen-bond acceptors (Lipinski definition) is 4. The summed E-state index contributed by atoms with van der Waals surface area (Å²) in [5.41, 5.74) is 0.493. The van der Waals surface area contributed by atoms with Crippen LogP contribution in [0.2, 0.25) is 5.15 Å². The molecular weight excluding hydrogens is 370 g/mol. The van der Waals surface area contributed by atoms with Crippen molar-refractivity contribution in [3.05, 3.63) is 27.5 Å². The molecule has 1 aliphatic rings. The van der Waals surface area contributed by atoms with Gasteiger partial charge in [-0.05, 0) is 61.3 Å². The Morgan fingerprint density at radius 3 is 2.77 bits per heavy atom. The summed E-state index contributed by atoms with van der Waals surface area (Å²) in [4.78, 5) is 18.2. The van der Waals surface area contributed by atoms with E-state index >= 15 is 0 Å². The first kappa shape index (κ1) is 17.5. The van der Waals surface area contributed by atoms with Gasteiger partial charge in [0.15, 0.2) is 0 Å². The first-order valence-corrected chi connectivity index (χ1v) is 8.39. The van der Waals surface area contributed by atoms with E-state index in [0.717, 1.165) is 5.56 Å². The molecule has 2 heterocycles.